The van der Waals surface area contributed by atoms with E-state index in [9.17, 15) is 0 Å². The Morgan fingerprint density at radius 1 is 0.300 bits per heavy atom. The van der Waals surface area contributed by atoms with Crippen LogP contribution < -0.4 is 4.90 Å². The lowest BCUT2D eigenvalue weighted by molar-refractivity contribution is 1.07. The molecular weight excluding hydrogens is 629 g/mol. The zero-order valence-electron chi connectivity index (χ0n) is 27.0. The average Bonchev–Trinajstić information content (AvgIpc) is 3.20. The summed E-state index contributed by atoms with van der Waals surface area (Å²) in [5, 5.41) is 0. The van der Waals surface area contributed by atoms with E-state index in [1.165, 1.54) is 32.3 Å². The van der Waals surface area contributed by atoms with E-state index in [4.69, 9.17) is 15.0 Å². The summed E-state index contributed by atoms with van der Waals surface area (Å²) in [7, 11) is 0. The molecule has 9 rings (SSSR count). The number of aromatic nitrogens is 3. The van der Waals surface area contributed by atoms with Gasteiger partial charge in [0.25, 0.3) is 0 Å². The topological polar surface area (TPSA) is 41.9 Å². The number of rotatable bonds is 6. The van der Waals surface area contributed by atoms with Gasteiger partial charge in [-0.3, -0.25) is 0 Å². The summed E-state index contributed by atoms with van der Waals surface area (Å²) in [6.07, 6.45) is 0. The molecule has 8 aromatic rings. The van der Waals surface area contributed by atoms with Crippen LogP contribution in [0.1, 0.15) is 0 Å². The maximum Gasteiger partial charge on any atom is 0.164 e. The van der Waals surface area contributed by atoms with Gasteiger partial charge in [-0.25, -0.2) is 15.0 Å². The molecule has 236 valence electrons. The molecule has 0 unspecified atom stereocenters. The molecule has 0 fully saturated rings. The molecule has 50 heavy (non-hydrogen) atoms. The molecule has 0 radical (unpaired) electrons. The van der Waals surface area contributed by atoms with Crippen LogP contribution in [0, 0.1) is 0 Å². The summed E-state index contributed by atoms with van der Waals surface area (Å²) in [6.45, 7) is 0. The van der Waals surface area contributed by atoms with Crippen molar-refractivity contribution in [1.82, 2.24) is 15.0 Å². The number of fused-ring (bicyclic) bond motifs is 2. The molecule has 7 aromatic carbocycles. The van der Waals surface area contributed by atoms with Gasteiger partial charge in [0, 0.05) is 32.2 Å². The van der Waals surface area contributed by atoms with E-state index in [2.05, 4.69) is 175 Å². The molecule has 1 aromatic heterocycles. The van der Waals surface area contributed by atoms with Crippen LogP contribution in [0.5, 0.6) is 0 Å². The Kier molecular flexibility index (Phi) is 7.72. The number of benzene rings is 7. The summed E-state index contributed by atoms with van der Waals surface area (Å²) in [5.41, 5.74) is 10.9. The highest BCUT2D eigenvalue weighted by molar-refractivity contribution is 7.99. The van der Waals surface area contributed by atoms with Gasteiger partial charge >= 0.3 is 0 Å². The molecule has 0 aliphatic carbocycles. The summed E-state index contributed by atoms with van der Waals surface area (Å²) < 4.78 is 0. The first-order valence-electron chi connectivity index (χ1n) is 16.6. The molecule has 0 bridgehead atoms. The minimum Gasteiger partial charge on any atom is -0.308 e. The Morgan fingerprint density at radius 2 is 0.620 bits per heavy atom. The van der Waals surface area contributed by atoms with Crippen LogP contribution in [0.15, 0.2) is 192 Å². The van der Waals surface area contributed by atoms with E-state index < -0.39 is 0 Å². The van der Waals surface area contributed by atoms with Crippen molar-refractivity contribution >= 4 is 28.8 Å². The van der Waals surface area contributed by atoms with Crippen LogP contribution in [-0.2, 0) is 0 Å². The first kappa shape index (κ1) is 29.8. The molecule has 0 atom stereocenters. The van der Waals surface area contributed by atoms with Crippen molar-refractivity contribution in [2.24, 2.45) is 0 Å². The van der Waals surface area contributed by atoms with E-state index in [1.807, 2.05) is 23.9 Å². The highest BCUT2D eigenvalue weighted by Crippen LogP contribution is 2.51. The quantitative estimate of drug-likeness (QED) is 0.178. The fourth-order valence-electron chi connectivity index (χ4n) is 6.39. The smallest absolute Gasteiger partial charge is 0.164 e. The van der Waals surface area contributed by atoms with Crippen LogP contribution in [0.3, 0.4) is 0 Å². The second kappa shape index (κ2) is 13.0. The lowest BCUT2D eigenvalue weighted by Crippen LogP contribution is -2.14. The van der Waals surface area contributed by atoms with E-state index in [0.717, 1.165) is 33.5 Å². The standard InChI is InChI=1S/C45H30N4S/c1-3-11-31(12-4-1)33-19-23-35(24-20-33)43-46-44(36-25-21-34(22-26-36)32-13-5-2-6-14-32)48-45(47-43)37-27-29-38(30-28-37)49-39-15-7-9-17-41(39)50-42-18-10-8-16-40(42)49/h1-30H. The van der Waals surface area contributed by atoms with Crippen molar-refractivity contribution in [3.63, 3.8) is 0 Å². The number of hydrogen-bond acceptors (Lipinski definition) is 5. The maximum absolute atomic E-state index is 5.04. The number of hydrogen-bond donors (Lipinski definition) is 0. The van der Waals surface area contributed by atoms with Gasteiger partial charge in [-0.05, 0) is 70.8 Å². The summed E-state index contributed by atoms with van der Waals surface area (Å²) in [4.78, 5) is 19.9. The molecular formula is C45H30N4S. The van der Waals surface area contributed by atoms with Gasteiger partial charge in [-0.15, -0.1) is 0 Å². The van der Waals surface area contributed by atoms with E-state index in [0.29, 0.717) is 17.5 Å². The van der Waals surface area contributed by atoms with Crippen molar-refractivity contribution < 1.29 is 0 Å². The van der Waals surface area contributed by atoms with Crippen LogP contribution in [-0.4, -0.2) is 15.0 Å². The second-order valence-corrected chi connectivity index (χ2v) is 13.2. The van der Waals surface area contributed by atoms with Crippen molar-refractivity contribution in [2.45, 2.75) is 9.79 Å². The van der Waals surface area contributed by atoms with Crippen molar-refractivity contribution in [3.8, 4) is 56.4 Å². The monoisotopic (exact) mass is 658 g/mol. The summed E-state index contributed by atoms with van der Waals surface area (Å²) in [6, 6.07) is 63.4. The predicted octanol–water partition coefficient (Wildman–Crippen LogP) is 12.1. The minimum atomic E-state index is 0.630. The summed E-state index contributed by atoms with van der Waals surface area (Å²) in [5.74, 6) is 1.90. The number of para-hydroxylation sites is 2. The molecule has 4 nitrogen and oxygen atoms in total. The Bertz CT molecular complexity index is 2280. The summed E-state index contributed by atoms with van der Waals surface area (Å²) >= 11 is 1.81. The zero-order valence-corrected chi connectivity index (χ0v) is 27.8. The Balaban J connectivity index is 1.11. The second-order valence-electron chi connectivity index (χ2n) is 12.1. The predicted molar refractivity (Wildman–Crippen MR) is 206 cm³/mol. The van der Waals surface area contributed by atoms with Crippen molar-refractivity contribution in [2.75, 3.05) is 4.90 Å². The first-order valence-corrected chi connectivity index (χ1v) is 17.4. The fraction of sp³-hybridized carbons (Fsp3) is 0. The van der Waals surface area contributed by atoms with Gasteiger partial charge in [0.05, 0.1) is 11.4 Å². The molecule has 0 saturated heterocycles. The molecule has 0 spiro atoms. The number of anilines is 3. The van der Waals surface area contributed by atoms with Gasteiger partial charge in [0.15, 0.2) is 17.5 Å². The van der Waals surface area contributed by atoms with Gasteiger partial charge < -0.3 is 4.90 Å². The van der Waals surface area contributed by atoms with Crippen molar-refractivity contribution in [3.05, 3.63) is 182 Å². The van der Waals surface area contributed by atoms with Crippen LogP contribution in [0.2, 0.25) is 0 Å². The van der Waals surface area contributed by atoms with Crippen molar-refractivity contribution in [1.29, 1.82) is 0 Å². The van der Waals surface area contributed by atoms with Gasteiger partial charge in [0.1, 0.15) is 0 Å². The molecule has 0 saturated carbocycles. The molecule has 2 heterocycles. The molecule has 1 aliphatic heterocycles. The SMILES string of the molecule is c1ccc(-c2ccc(-c3nc(-c4ccc(-c5ccccc5)cc4)nc(-c4ccc(N5c6ccccc6Sc6ccccc65)cc4)n3)cc2)cc1. The highest BCUT2D eigenvalue weighted by Gasteiger charge is 2.24. The lowest BCUT2D eigenvalue weighted by atomic mass is 10.0. The third kappa shape index (κ3) is 5.74. The zero-order chi connectivity index (χ0) is 33.3. The minimum absolute atomic E-state index is 0.630. The normalized spacial score (nSPS) is 11.9. The largest absolute Gasteiger partial charge is 0.308 e. The lowest BCUT2D eigenvalue weighted by Gasteiger charge is -2.32. The van der Waals surface area contributed by atoms with E-state index in [-0.39, 0.29) is 0 Å². The van der Waals surface area contributed by atoms with Crippen LogP contribution >= 0.6 is 11.8 Å². The fourth-order valence-corrected chi connectivity index (χ4v) is 7.45. The van der Waals surface area contributed by atoms with Gasteiger partial charge in [0.2, 0.25) is 0 Å². The number of nitrogens with zero attached hydrogens (tertiary/aromatic N) is 4. The van der Waals surface area contributed by atoms with Gasteiger partial charge in [-0.2, -0.15) is 0 Å². The van der Waals surface area contributed by atoms with Crippen LogP contribution in [0.25, 0.3) is 56.4 Å². The molecule has 0 amide bonds. The molecule has 5 heteroatoms. The Hall–Kier alpha value is -6.30. The maximum atomic E-state index is 5.04. The first-order chi connectivity index (χ1) is 24.8. The third-order valence-electron chi connectivity index (χ3n) is 8.95. The molecule has 1 aliphatic rings. The Labute approximate surface area is 295 Å². The average molecular weight is 659 g/mol. The van der Waals surface area contributed by atoms with Gasteiger partial charge in [-0.1, -0.05) is 145 Å². The van der Waals surface area contributed by atoms with Crippen LogP contribution in [0.4, 0.5) is 17.1 Å². The van der Waals surface area contributed by atoms with E-state index in [1.54, 1.807) is 0 Å². The Morgan fingerprint density at radius 3 is 1.04 bits per heavy atom. The van der Waals surface area contributed by atoms with E-state index >= 15 is 0 Å². The highest BCUT2D eigenvalue weighted by atomic mass is 32.2. The third-order valence-corrected chi connectivity index (χ3v) is 10.1. The molecule has 0 N–H and O–H groups in total.